The van der Waals surface area contributed by atoms with E-state index in [1.807, 2.05) is 22.2 Å². The molecule has 1 saturated heterocycles. The third kappa shape index (κ3) is 4.25. The Morgan fingerprint density at radius 1 is 1.23 bits per heavy atom. The number of carbonyl (C=O) groups is 1. The third-order valence-corrected chi connectivity index (χ3v) is 4.88. The van der Waals surface area contributed by atoms with E-state index < -0.39 is 0 Å². The molecule has 1 aliphatic heterocycles. The van der Waals surface area contributed by atoms with Crippen molar-refractivity contribution >= 4 is 24.1 Å². The minimum absolute atomic E-state index is 0.279. The summed E-state index contributed by atoms with van der Waals surface area (Å²) in [5.74, 6) is 1.26. The predicted octanol–water partition coefficient (Wildman–Crippen LogP) is 0.422. The Kier molecular flexibility index (Phi) is 5.94. The zero-order valence-corrected chi connectivity index (χ0v) is 15.7. The molecule has 2 aromatic heterocycles. The van der Waals surface area contributed by atoms with Crippen LogP contribution in [0, 0.1) is 4.77 Å². The summed E-state index contributed by atoms with van der Waals surface area (Å²) in [4.78, 5) is 24.2. The van der Waals surface area contributed by atoms with E-state index in [-0.39, 0.29) is 12.3 Å². The number of amides is 1. The first-order chi connectivity index (χ1) is 12.6. The van der Waals surface area contributed by atoms with Crippen molar-refractivity contribution in [2.45, 2.75) is 33.0 Å². The van der Waals surface area contributed by atoms with Crippen LogP contribution in [0.3, 0.4) is 0 Å². The van der Waals surface area contributed by atoms with Crippen LogP contribution in [0.2, 0.25) is 0 Å². The minimum Gasteiger partial charge on any atom is -0.370 e. The Labute approximate surface area is 157 Å². The molecule has 140 valence electrons. The lowest BCUT2D eigenvalue weighted by molar-refractivity contribution is -0.118. The molecule has 9 nitrogen and oxygen atoms in total. The summed E-state index contributed by atoms with van der Waals surface area (Å²) < 4.78 is 4.48. The largest absolute Gasteiger partial charge is 0.370 e. The van der Waals surface area contributed by atoms with Crippen LogP contribution in [0.15, 0.2) is 18.5 Å². The van der Waals surface area contributed by atoms with E-state index in [1.54, 1.807) is 12.4 Å². The summed E-state index contributed by atoms with van der Waals surface area (Å²) >= 11 is 5.55. The lowest BCUT2D eigenvalue weighted by Gasteiger charge is -2.34. The highest BCUT2D eigenvalue weighted by Gasteiger charge is 2.20. The number of nitrogens with two attached hydrogens (primary N) is 1. The molecule has 0 aliphatic carbocycles. The Morgan fingerprint density at radius 2 is 1.92 bits per heavy atom. The van der Waals surface area contributed by atoms with E-state index in [2.05, 4.69) is 24.9 Å². The van der Waals surface area contributed by atoms with Gasteiger partial charge in [-0.05, 0) is 25.2 Å². The molecule has 0 unspecified atom stereocenters. The average Bonchev–Trinajstić information content (AvgIpc) is 2.96. The Morgan fingerprint density at radius 3 is 2.54 bits per heavy atom. The first kappa shape index (κ1) is 18.5. The summed E-state index contributed by atoms with van der Waals surface area (Å²) in [6.45, 7) is 6.88. The van der Waals surface area contributed by atoms with E-state index >= 15 is 0 Å². The molecule has 3 rings (SSSR count). The second kappa shape index (κ2) is 8.37. The van der Waals surface area contributed by atoms with Crippen LogP contribution in [0.5, 0.6) is 0 Å². The number of aryl methyl sites for hydroxylation is 1. The molecule has 0 spiro atoms. The maximum atomic E-state index is 11.1. The smallest absolute Gasteiger partial charge is 0.225 e. The lowest BCUT2D eigenvalue weighted by atomic mass is 10.3. The Bertz CT molecular complexity index is 794. The van der Waals surface area contributed by atoms with Gasteiger partial charge in [-0.3, -0.25) is 9.69 Å². The molecule has 10 heteroatoms. The first-order valence-electron chi connectivity index (χ1n) is 8.77. The average molecular weight is 376 g/mol. The van der Waals surface area contributed by atoms with Gasteiger partial charge in [-0.15, -0.1) is 0 Å². The maximum absolute atomic E-state index is 11.1. The number of anilines is 1. The highest BCUT2D eigenvalue weighted by Crippen LogP contribution is 2.11. The van der Waals surface area contributed by atoms with Crippen LogP contribution in [0.1, 0.15) is 19.2 Å². The van der Waals surface area contributed by atoms with E-state index in [4.69, 9.17) is 18.0 Å². The molecule has 1 aliphatic rings. The van der Waals surface area contributed by atoms with Crippen LogP contribution in [0.25, 0.3) is 0 Å². The van der Waals surface area contributed by atoms with Gasteiger partial charge in [0.05, 0.1) is 6.67 Å². The molecule has 1 fully saturated rings. The zero-order valence-electron chi connectivity index (χ0n) is 14.9. The van der Waals surface area contributed by atoms with Gasteiger partial charge in [-0.1, -0.05) is 0 Å². The molecule has 2 N–H and O–H groups in total. The van der Waals surface area contributed by atoms with Crippen LogP contribution < -0.4 is 10.6 Å². The van der Waals surface area contributed by atoms with Crippen LogP contribution in [-0.4, -0.2) is 61.3 Å². The lowest BCUT2D eigenvalue weighted by Crippen LogP contribution is -2.47. The van der Waals surface area contributed by atoms with Crippen LogP contribution in [-0.2, 0) is 24.4 Å². The molecule has 1 amide bonds. The number of carbonyl (C=O) groups excluding carboxylic acids is 1. The van der Waals surface area contributed by atoms with Gasteiger partial charge in [0.25, 0.3) is 0 Å². The summed E-state index contributed by atoms with van der Waals surface area (Å²) in [5.41, 5.74) is 5.26. The molecule has 26 heavy (non-hydrogen) atoms. The fraction of sp³-hybridized carbons (Fsp3) is 0.562. The number of nitrogens with zero attached hydrogens (tertiary/aromatic N) is 7. The molecule has 0 saturated carbocycles. The van der Waals surface area contributed by atoms with Crippen molar-refractivity contribution in [1.82, 2.24) is 29.2 Å². The van der Waals surface area contributed by atoms with Crippen molar-refractivity contribution in [1.29, 1.82) is 0 Å². The number of rotatable bonds is 7. The van der Waals surface area contributed by atoms with Crippen molar-refractivity contribution in [3.8, 4) is 0 Å². The second-order valence-corrected chi connectivity index (χ2v) is 6.57. The molecule has 0 radical (unpaired) electrons. The summed E-state index contributed by atoms with van der Waals surface area (Å²) in [6.07, 6.45) is 4.32. The Hall–Kier alpha value is -2.33. The van der Waals surface area contributed by atoms with Gasteiger partial charge in [-0.2, -0.15) is 5.10 Å². The summed E-state index contributed by atoms with van der Waals surface area (Å²) in [6, 6.07) is 1.82. The van der Waals surface area contributed by atoms with E-state index in [0.717, 1.165) is 44.5 Å². The fourth-order valence-corrected chi connectivity index (χ4v) is 3.38. The molecule has 2 aromatic rings. The third-order valence-electron chi connectivity index (χ3n) is 4.45. The summed E-state index contributed by atoms with van der Waals surface area (Å²) in [5, 5.41) is 4.61. The topological polar surface area (TPSA) is 98.1 Å². The number of piperazine rings is 1. The zero-order chi connectivity index (χ0) is 18.5. The molecule has 3 heterocycles. The second-order valence-electron chi connectivity index (χ2n) is 6.20. The molecule has 0 atom stereocenters. The van der Waals surface area contributed by atoms with E-state index in [1.165, 1.54) is 0 Å². The van der Waals surface area contributed by atoms with E-state index in [9.17, 15) is 4.79 Å². The first-order valence-corrected chi connectivity index (χ1v) is 9.18. The van der Waals surface area contributed by atoms with Gasteiger partial charge in [0.2, 0.25) is 11.9 Å². The standard InChI is InChI=1S/C16H24N8OS/c1-2-23-14(5-4-13(17)25)20-24(16(23)26)12-21-8-10-22(11-9-21)15-18-6-3-7-19-15/h3,6-7H,2,4-5,8-12H2,1H3,(H2,17,25). The summed E-state index contributed by atoms with van der Waals surface area (Å²) in [7, 11) is 0. The monoisotopic (exact) mass is 376 g/mol. The minimum atomic E-state index is -0.327. The van der Waals surface area contributed by atoms with Crippen LogP contribution in [0.4, 0.5) is 5.95 Å². The van der Waals surface area contributed by atoms with Crippen molar-refractivity contribution in [3.63, 3.8) is 0 Å². The maximum Gasteiger partial charge on any atom is 0.225 e. The van der Waals surface area contributed by atoms with E-state index in [0.29, 0.717) is 17.9 Å². The van der Waals surface area contributed by atoms with Crippen LogP contribution >= 0.6 is 12.2 Å². The number of aromatic nitrogens is 5. The van der Waals surface area contributed by atoms with Gasteiger partial charge in [0, 0.05) is 58.0 Å². The normalized spacial score (nSPS) is 15.3. The molecule has 0 bridgehead atoms. The SMILES string of the molecule is CCn1c(CCC(N)=O)nn(CN2CCN(c3ncccn3)CC2)c1=S. The van der Waals surface area contributed by atoms with Gasteiger partial charge < -0.3 is 15.2 Å². The molecule has 0 aromatic carbocycles. The van der Waals surface area contributed by atoms with Gasteiger partial charge in [0.1, 0.15) is 5.82 Å². The van der Waals surface area contributed by atoms with Crippen molar-refractivity contribution in [2.24, 2.45) is 5.73 Å². The van der Waals surface area contributed by atoms with Gasteiger partial charge in [0.15, 0.2) is 4.77 Å². The van der Waals surface area contributed by atoms with Crippen molar-refractivity contribution in [2.75, 3.05) is 31.1 Å². The number of hydrogen-bond donors (Lipinski definition) is 1. The van der Waals surface area contributed by atoms with Gasteiger partial charge >= 0.3 is 0 Å². The Balaban J connectivity index is 1.63. The fourth-order valence-electron chi connectivity index (χ4n) is 3.05. The highest BCUT2D eigenvalue weighted by atomic mass is 32.1. The molecular weight excluding hydrogens is 352 g/mol. The molecular formula is C16H24N8OS. The van der Waals surface area contributed by atoms with Crippen molar-refractivity contribution in [3.05, 3.63) is 29.1 Å². The quantitative estimate of drug-likeness (QED) is 0.699. The highest BCUT2D eigenvalue weighted by molar-refractivity contribution is 7.71. The number of hydrogen-bond acceptors (Lipinski definition) is 7. The number of primary amides is 1. The van der Waals surface area contributed by atoms with Crippen molar-refractivity contribution < 1.29 is 4.79 Å². The van der Waals surface area contributed by atoms with Gasteiger partial charge in [-0.25, -0.2) is 14.6 Å². The predicted molar refractivity (Wildman–Crippen MR) is 100 cm³/mol.